The Bertz CT molecular complexity index is 287. The van der Waals surface area contributed by atoms with Gasteiger partial charge in [-0.05, 0) is 13.0 Å². The van der Waals surface area contributed by atoms with Crippen molar-refractivity contribution in [3.05, 3.63) is 29.3 Å². The van der Waals surface area contributed by atoms with Crippen LogP contribution in [-0.4, -0.2) is 20.3 Å². The minimum absolute atomic E-state index is 0.550. The van der Waals surface area contributed by atoms with Crippen LogP contribution in [0, 0.1) is 6.92 Å². The van der Waals surface area contributed by atoms with Crippen molar-refractivity contribution in [1.82, 2.24) is 0 Å². The number of hydrogen-bond acceptors (Lipinski definition) is 3. The van der Waals surface area contributed by atoms with E-state index >= 15 is 0 Å². The van der Waals surface area contributed by atoms with Gasteiger partial charge in [-0.1, -0.05) is 17.7 Å². The molecule has 1 rings (SSSR count). The first-order chi connectivity index (χ1) is 6.77. The molecule has 0 unspecified atom stereocenters. The molecule has 0 bridgehead atoms. The van der Waals surface area contributed by atoms with Gasteiger partial charge in [-0.15, -0.1) is 0 Å². The number of hydrogen-bond donors (Lipinski definition) is 1. The summed E-state index contributed by atoms with van der Waals surface area (Å²) in [6, 6.07) is 6.04. The average Bonchev–Trinajstić information content (AvgIpc) is 2.19. The monoisotopic (exact) mass is 195 g/mol. The third-order valence-electron chi connectivity index (χ3n) is 1.96. The van der Waals surface area contributed by atoms with Crippen LogP contribution in [0.2, 0.25) is 0 Å². The SMILES string of the molecule is COc1ccc(C)cc1COCCN. The molecule has 0 saturated heterocycles. The van der Waals surface area contributed by atoms with E-state index in [1.54, 1.807) is 7.11 Å². The van der Waals surface area contributed by atoms with Crippen LogP contribution in [0.4, 0.5) is 0 Å². The highest BCUT2D eigenvalue weighted by atomic mass is 16.5. The van der Waals surface area contributed by atoms with E-state index in [9.17, 15) is 0 Å². The predicted molar refractivity (Wildman–Crippen MR) is 56.4 cm³/mol. The van der Waals surface area contributed by atoms with Crippen molar-refractivity contribution in [3.63, 3.8) is 0 Å². The Hall–Kier alpha value is -1.06. The summed E-state index contributed by atoms with van der Waals surface area (Å²) in [5.74, 6) is 0.868. The van der Waals surface area contributed by atoms with E-state index in [1.165, 1.54) is 5.56 Å². The Balaban J connectivity index is 2.67. The summed E-state index contributed by atoms with van der Waals surface area (Å²) < 4.78 is 10.6. The van der Waals surface area contributed by atoms with E-state index in [1.807, 2.05) is 19.1 Å². The highest BCUT2D eigenvalue weighted by molar-refractivity contribution is 5.36. The first-order valence-electron chi connectivity index (χ1n) is 4.69. The van der Waals surface area contributed by atoms with Gasteiger partial charge < -0.3 is 15.2 Å². The van der Waals surface area contributed by atoms with E-state index in [-0.39, 0.29) is 0 Å². The lowest BCUT2D eigenvalue weighted by molar-refractivity contribution is 0.126. The zero-order chi connectivity index (χ0) is 10.4. The largest absolute Gasteiger partial charge is 0.496 e. The van der Waals surface area contributed by atoms with E-state index in [0.29, 0.717) is 19.8 Å². The van der Waals surface area contributed by atoms with Crippen LogP contribution in [0.5, 0.6) is 5.75 Å². The fourth-order valence-corrected chi connectivity index (χ4v) is 1.29. The standard InChI is InChI=1S/C11H17NO2/c1-9-3-4-11(13-2)10(7-9)8-14-6-5-12/h3-4,7H,5-6,8,12H2,1-2H3. The van der Waals surface area contributed by atoms with Gasteiger partial charge >= 0.3 is 0 Å². The maximum absolute atomic E-state index is 5.36. The van der Waals surface area contributed by atoms with Crippen LogP contribution < -0.4 is 10.5 Å². The summed E-state index contributed by atoms with van der Waals surface area (Å²) in [7, 11) is 1.66. The summed E-state index contributed by atoms with van der Waals surface area (Å²) in [6.45, 7) is 3.74. The molecule has 3 nitrogen and oxygen atoms in total. The van der Waals surface area contributed by atoms with Crippen molar-refractivity contribution in [1.29, 1.82) is 0 Å². The minimum atomic E-state index is 0.550. The Morgan fingerprint density at radius 2 is 2.14 bits per heavy atom. The van der Waals surface area contributed by atoms with Crippen molar-refractivity contribution in [2.45, 2.75) is 13.5 Å². The number of ether oxygens (including phenoxy) is 2. The number of aryl methyl sites for hydroxylation is 1. The van der Waals surface area contributed by atoms with Gasteiger partial charge in [-0.25, -0.2) is 0 Å². The van der Waals surface area contributed by atoms with Crippen LogP contribution >= 0.6 is 0 Å². The van der Waals surface area contributed by atoms with Gasteiger partial charge in [0.25, 0.3) is 0 Å². The minimum Gasteiger partial charge on any atom is -0.496 e. The number of methoxy groups -OCH3 is 1. The summed E-state index contributed by atoms with van der Waals surface area (Å²) in [4.78, 5) is 0. The molecule has 3 heteroatoms. The Labute approximate surface area is 84.8 Å². The Kier molecular flexibility index (Phi) is 4.43. The Morgan fingerprint density at radius 3 is 2.79 bits per heavy atom. The molecule has 0 saturated carbocycles. The second-order valence-corrected chi connectivity index (χ2v) is 3.16. The zero-order valence-corrected chi connectivity index (χ0v) is 8.75. The lowest BCUT2D eigenvalue weighted by atomic mass is 10.1. The molecule has 0 atom stereocenters. The molecular weight excluding hydrogens is 178 g/mol. The molecule has 0 aliphatic carbocycles. The van der Waals surface area contributed by atoms with E-state index in [2.05, 4.69) is 6.07 Å². The number of nitrogens with two attached hydrogens (primary N) is 1. The summed E-state index contributed by atoms with van der Waals surface area (Å²) in [5, 5.41) is 0. The maximum atomic E-state index is 5.36. The first kappa shape index (κ1) is 11.0. The lowest BCUT2D eigenvalue weighted by Crippen LogP contribution is -2.08. The topological polar surface area (TPSA) is 44.5 Å². The molecule has 0 radical (unpaired) electrons. The summed E-state index contributed by atoms with van der Waals surface area (Å²) >= 11 is 0. The Morgan fingerprint density at radius 1 is 1.36 bits per heavy atom. The molecule has 0 amide bonds. The molecule has 0 aromatic heterocycles. The molecule has 0 spiro atoms. The van der Waals surface area contributed by atoms with Crippen LogP contribution in [0.3, 0.4) is 0 Å². The van der Waals surface area contributed by atoms with Crippen molar-refractivity contribution >= 4 is 0 Å². The molecule has 2 N–H and O–H groups in total. The van der Waals surface area contributed by atoms with E-state index < -0.39 is 0 Å². The molecule has 0 aliphatic heterocycles. The molecule has 78 valence electrons. The highest BCUT2D eigenvalue weighted by Crippen LogP contribution is 2.20. The van der Waals surface area contributed by atoms with Gasteiger partial charge in [-0.2, -0.15) is 0 Å². The summed E-state index contributed by atoms with van der Waals surface area (Å²) in [5.41, 5.74) is 7.61. The summed E-state index contributed by atoms with van der Waals surface area (Å²) in [6.07, 6.45) is 0. The second kappa shape index (κ2) is 5.62. The lowest BCUT2D eigenvalue weighted by Gasteiger charge is -2.09. The molecule has 14 heavy (non-hydrogen) atoms. The van der Waals surface area contributed by atoms with E-state index in [0.717, 1.165) is 11.3 Å². The predicted octanol–water partition coefficient (Wildman–Crippen LogP) is 1.48. The van der Waals surface area contributed by atoms with Crippen molar-refractivity contribution < 1.29 is 9.47 Å². The fraction of sp³-hybridized carbons (Fsp3) is 0.455. The van der Waals surface area contributed by atoms with Crippen LogP contribution in [0.25, 0.3) is 0 Å². The number of benzene rings is 1. The molecule has 1 aromatic rings. The first-order valence-corrected chi connectivity index (χ1v) is 4.69. The van der Waals surface area contributed by atoms with Crippen molar-refractivity contribution in [3.8, 4) is 5.75 Å². The van der Waals surface area contributed by atoms with Crippen LogP contribution in [-0.2, 0) is 11.3 Å². The zero-order valence-electron chi connectivity index (χ0n) is 8.75. The highest BCUT2D eigenvalue weighted by Gasteiger charge is 2.02. The van der Waals surface area contributed by atoms with Gasteiger partial charge in [0, 0.05) is 12.1 Å². The van der Waals surface area contributed by atoms with Crippen molar-refractivity contribution in [2.75, 3.05) is 20.3 Å². The number of rotatable bonds is 5. The van der Waals surface area contributed by atoms with E-state index in [4.69, 9.17) is 15.2 Å². The third kappa shape index (κ3) is 3.01. The van der Waals surface area contributed by atoms with Gasteiger partial charge in [-0.3, -0.25) is 0 Å². The smallest absolute Gasteiger partial charge is 0.124 e. The van der Waals surface area contributed by atoms with Crippen LogP contribution in [0.15, 0.2) is 18.2 Å². The fourth-order valence-electron chi connectivity index (χ4n) is 1.29. The quantitative estimate of drug-likeness (QED) is 0.724. The second-order valence-electron chi connectivity index (χ2n) is 3.16. The third-order valence-corrected chi connectivity index (χ3v) is 1.96. The average molecular weight is 195 g/mol. The van der Waals surface area contributed by atoms with Gasteiger partial charge in [0.15, 0.2) is 0 Å². The van der Waals surface area contributed by atoms with Gasteiger partial charge in [0.05, 0.1) is 20.3 Å². The molecule has 0 heterocycles. The van der Waals surface area contributed by atoms with Crippen molar-refractivity contribution in [2.24, 2.45) is 5.73 Å². The maximum Gasteiger partial charge on any atom is 0.124 e. The molecule has 0 fully saturated rings. The van der Waals surface area contributed by atoms with Crippen LogP contribution in [0.1, 0.15) is 11.1 Å². The molecular formula is C11H17NO2. The van der Waals surface area contributed by atoms with Gasteiger partial charge in [0.2, 0.25) is 0 Å². The normalized spacial score (nSPS) is 10.2. The molecule has 0 aliphatic rings. The van der Waals surface area contributed by atoms with Gasteiger partial charge in [0.1, 0.15) is 5.75 Å². The molecule has 1 aromatic carbocycles.